The normalized spacial score (nSPS) is 17.8. The molecule has 160 valence electrons. The summed E-state index contributed by atoms with van der Waals surface area (Å²) >= 11 is 12.0. The maximum atomic E-state index is 12.4. The molecule has 0 radical (unpaired) electrons. The monoisotopic (exact) mass is 445 g/mol. The van der Waals surface area contributed by atoms with Crippen molar-refractivity contribution in [2.24, 2.45) is 5.10 Å². The van der Waals surface area contributed by atoms with Gasteiger partial charge in [-0.25, -0.2) is 5.43 Å². The minimum atomic E-state index is -0.368. The minimum Gasteiger partial charge on any atom is -0.366 e. The summed E-state index contributed by atoms with van der Waals surface area (Å²) in [6.45, 7) is 12.3. The van der Waals surface area contributed by atoms with Crippen LogP contribution >= 0.6 is 23.2 Å². The summed E-state index contributed by atoms with van der Waals surface area (Å²) in [5.74, 6) is 0.0890. The number of fused-ring (bicyclic) bond motifs is 1. The number of carbonyl (C=O) groups is 1. The van der Waals surface area contributed by atoms with Crippen LogP contribution in [0.15, 0.2) is 35.4 Å². The van der Waals surface area contributed by atoms with Gasteiger partial charge < -0.3 is 4.90 Å². The molecule has 1 heterocycles. The number of hydrazone groups is 1. The van der Waals surface area contributed by atoms with Gasteiger partial charge in [0.25, 0.3) is 5.91 Å². The summed E-state index contributed by atoms with van der Waals surface area (Å²) in [6, 6.07) is 9.22. The van der Waals surface area contributed by atoms with Gasteiger partial charge in [0.05, 0.1) is 16.8 Å². The topological polar surface area (TPSA) is 44.7 Å². The zero-order valence-corrected chi connectivity index (χ0v) is 19.7. The summed E-state index contributed by atoms with van der Waals surface area (Å²) in [4.78, 5) is 14.9. The van der Waals surface area contributed by atoms with E-state index in [1.165, 1.54) is 11.3 Å². The van der Waals surface area contributed by atoms with Crippen molar-refractivity contribution in [1.82, 2.24) is 5.43 Å². The van der Waals surface area contributed by atoms with Gasteiger partial charge in [-0.05, 0) is 86.6 Å². The first-order valence-corrected chi connectivity index (χ1v) is 11.1. The average molecular weight is 446 g/mol. The van der Waals surface area contributed by atoms with E-state index in [4.69, 9.17) is 23.2 Å². The number of rotatable bonds is 5. The SMILES string of the molecule is CCCN1c2cc(C)c(/C=N\NC(=O)c3ccc(Cl)cc3Cl)cc2C(C)CC1(C)C. The van der Waals surface area contributed by atoms with Crippen LogP contribution in [0, 0.1) is 6.92 Å². The van der Waals surface area contributed by atoms with Gasteiger partial charge in [0.2, 0.25) is 0 Å². The highest BCUT2D eigenvalue weighted by Gasteiger charge is 2.36. The second-order valence-electron chi connectivity index (χ2n) is 8.66. The smallest absolute Gasteiger partial charge is 0.272 e. The van der Waals surface area contributed by atoms with Gasteiger partial charge >= 0.3 is 0 Å². The fourth-order valence-electron chi connectivity index (χ4n) is 4.33. The molecule has 3 rings (SSSR count). The van der Waals surface area contributed by atoms with Crippen LogP contribution in [0.25, 0.3) is 0 Å². The molecule has 4 nitrogen and oxygen atoms in total. The van der Waals surface area contributed by atoms with E-state index in [0.717, 1.165) is 30.5 Å². The fraction of sp³-hybridized carbons (Fsp3) is 0.417. The van der Waals surface area contributed by atoms with Crippen LogP contribution in [0.5, 0.6) is 0 Å². The van der Waals surface area contributed by atoms with Crippen molar-refractivity contribution in [3.8, 4) is 0 Å². The van der Waals surface area contributed by atoms with Crippen molar-refractivity contribution < 1.29 is 4.79 Å². The highest BCUT2D eigenvalue weighted by Crippen LogP contribution is 2.44. The van der Waals surface area contributed by atoms with Gasteiger partial charge in [0.15, 0.2) is 0 Å². The van der Waals surface area contributed by atoms with E-state index in [1.807, 2.05) is 0 Å². The Kier molecular flexibility index (Phi) is 6.78. The molecule has 1 aliphatic heterocycles. The van der Waals surface area contributed by atoms with E-state index < -0.39 is 0 Å². The molecule has 0 aromatic heterocycles. The molecule has 0 bridgehead atoms. The van der Waals surface area contributed by atoms with Crippen LogP contribution in [0.4, 0.5) is 5.69 Å². The van der Waals surface area contributed by atoms with Gasteiger partial charge in [0.1, 0.15) is 0 Å². The van der Waals surface area contributed by atoms with Gasteiger partial charge in [-0.1, -0.05) is 37.0 Å². The lowest BCUT2D eigenvalue weighted by atomic mass is 9.79. The lowest BCUT2D eigenvalue weighted by molar-refractivity contribution is 0.0955. The van der Waals surface area contributed by atoms with Gasteiger partial charge in [-0.2, -0.15) is 5.10 Å². The lowest BCUT2D eigenvalue weighted by Gasteiger charge is -2.48. The van der Waals surface area contributed by atoms with E-state index in [0.29, 0.717) is 21.5 Å². The molecular formula is C24H29Cl2N3O. The highest BCUT2D eigenvalue weighted by molar-refractivity contribution is 6.36. The summed E-state index contributed by atoms with van der Waals surface area (Å²) in [6.07, 6.45) is 3.91. The largest absolute Gasteiger partial charge is 0.366 e. The molecule has 1 atom stereocenters. The predicted molar refractivity (Wildman–Crippen MR) is 127 cm³/mol. The molecule has 0 saturated carbocycles. The Bertz CT molecular complexity index is 985. The Morgan fingerprint density at radius 3 is 2.70 bits per heavy atom. The molecule has 6 heteroatoms. The molecule has 0 aliphatic carbocycles. The molecule has 2 aromatic rings. The third kappa shape index (κ3) is 4.65. The molecule has 0 saturated heterocycles. The Hall–Kier alpha value is -2.04. The highest BCUT2D eigenvalue weighted by atomic mass is 35.5. The number of nitrogens with one attached hydrogen (secondary N) is 1. The molecule has 1 aliphatic rings. The van der Waals surface area contributed by atoms with E-state index in [1.54, 1.807) is 24.4 Å². The maximum Gasteiger partial charge on any atom is 0.272 e. The number of amides is 1. The predicted octanol–water partition coefficient (Wildman–Crippen LogP) is 6.57. The number of benzene rings is 2. The molecule has 1 amide bonds. The number of carbonyl (C=O) groups excluding carboxylic acids is 1. The van der Waals surface area contributed by atoms with Crippen molar-refractivity contribution in [2.75, 3.05) is 11.4 Å². The summed E-state index contributed by atoms with van der Waals surface area (Å²) in [5.41, 5.74) is 7.81. The number of halogens is 2. The maximum absolute atomic E-state index is 12.4. The molecule has 30 heavy (non-hydrogen) atoms. The minimum absolute atomic E-state index is 0.135. The summed E-state index contributed by atoms with van der Waals surface area (Å²) in [5, 5.41) is 4.95. The number of nitrogens with zero attached hydrogens (tertiary/aromatic N) is 2. The molecule has 0 fully saturated rings. The van der Waals surface area contributed by atoms with Crippen LogP contribution in [0.3, 0.4) is 0 Å². The molecule has 1 unspecified atom stereocenters. The lowest BCUT2D eigenvalue weighted by Crippen LogP contribution is -2.48. The Labute approximate surface area is 189 Å². The van der Waals surface area contributed by atoms with Crippen molar-refractivity contribution in [3.63, 3.8) is 0 Å². The zero-order valence-electron chi connectivity index (χ0n) is 18.2. The first kappa shape index (κ1) is 22.6. The quantitative estimate of drug-likeness (QED) is 0.417. The number of hydrogen-bond donors (Lipinski definition) is 1. The van der Waals surface area contributed by atoms with E-state index in [-0.39, 0.29) is 11.4 Å². The summed E-state index contributed by atoms with van der Waals surface area (Å²) in [7, 11) is 0. The van der Waals surface area contributed by atoms with Crippen LogP contribution in [0.2, 0.25) is 10.0 Å². The van der Waals surface area contributed by atoms with Crippen LogP contribution in [0.1, 0.15) is 73.5 Å². The fourth-order valence-corrected chi connectivity index (χ4v) is 4.83. The third-order valence-electron chi connectivity index (χ3n) is 5.77. The van der Waals surface area contributed by atoms with Crippen molar-refractivity contribution in [3.05, 3.63) is 62.6 Å². The van der Waals surface area contributed by atoms with E-state index in [2.05, 4.69) is 62.2 Å². The van der Waals surface area contributed by atoms with Gasteiger partial charge in [0, 0.05) is 22.8 Å². The second-order valence-corrected chi connectivity index (χ2v) is 9.50. The molecular weight excluding hydrogens is 417 g/mol. The van der Waals surface area contributed by atoms with E-state index >= 15 is 0 Å². The van der Waals surface area contributed by atoms with Crippen LogP contribution in [-0.2, 0) is 0 Å². The number of anilines is 1. The van der Waals surface area contributed by atoms with Gasteiger partial charge in [-0.3, -0.25) is 4.79 Å². The third-order valence-corrected chi connectivity index (χ3v) is 6.31. The number of hydrogen-bond acceptors (Lipinski definition) is 3. The van der Waals surface area contributed by atoms with Crippen LogP contribution < -0.4 is 10.3 Å². The number of aryl methyl sites for hydroxylation is 1. The molecule has 2 aromatic carbocycles. The standard InChI is InChI=1S/C24H29Cl2N3O/c1-6-9-29-22-10-15(2)17(11-20(22)16(3)13-24(29,4)5)14-27-28-23(30)19-8-7-18(25)12-21(19)26/h7-8,10-12,14,16H,6,9,13H2,1-5H3,(H,28,30)/b27-14-. The molecule has 0 spiro atoms. The van der Waals surface area contributed by atoms with Crippen molar-refractivity contribution in [2.45, 2.75) is 58.9 Å². The Balaban J connectivity index is 1.84. The van der Waals surface area contributed by atoms with E-state index in [9.17, 15) is 4.79 Å². The molecule has 1 N–H and O–H groups in total. The van der Waals surface area contributed by atoms with Crippen LogP contribution in [-0.4, -0.2) is 24.2 Å². The first-order valence-electron chi connectivity index (χ1n) is 10.3. The average Bonchev–Trinajstić information content (AvgIpc) is 2.65. The Morgan fingerprint density at radius 1 is 1.30 bits per heavy atom. The second kappa shape index (κ2) is 8.99. The van der Waals surface area contributed by atoms with Crippen molar-refractivity contribution >= 4 is 41.0 Å². The van der Waals surface area contributed by atoms with Gasteiger partial charge in [-0.15, -0.1) is 0 Å². The Morgan fingerprint density at radius 2 is 2.03 bits per heavy atom. The summed E-state index contributed by atoms with van der Waals surface area (Å²) < 4.78 is 0. The zero-order chi connectivity index (χ0) is 22.1. The first-order chi connectivity index (χ1) is 14.1. The van der Waals surface area contributed by atoms with Crippen molar-refractivity contribution in [1.29, 1.82) is 0 Å².